The van der Waals surface area contributed by atoms with Crippen LogP contribution in [0.5, 0.6) is 0 Å². The predicted octanol–water partition coefficient (Wildman–Crippen LogP) is 5.55. The number of hydrogen-bond acceptors (Lipinski definition) is 4. The molecular formula is C31H32N2O2. The van der Waals surface area contributed by atoms with E-state index in [1.165, 1.54) is 0 Å². The molecule has 0 spiro atoms. The standard InChI is InChI=1S/C31H32N2O2/c1-35-23-27-19-12-22-33(27)32-30(24-13-5-2-6-14-24)28-20-11-21-29(28)31(34,25-15-7-3-8-16-25)26-17-9-4-10-18-26/h2-11,13-18,20-21,27-28,34H,12,19,22-23H2,1H3/b32-30+/t27-,28?/m0/s1. The lowest BCUT2D eigenvalue weighted by molar-refractivity contribution is 0.113. The van der Waals surface area contributed by atoms with Gasteiger partial charge in [-0.3, -0.25) is 5.01 Å². The Hall–Kier alpha value is -3.47. The SMILES string of the molecule is COC[C@@H]1CCCN1/N=C(\c1ccccc1)C1C=CC=C1C(O)(c1ccccc1)c1ccccc1. The molecule has 1 N–H and O–H groups in total. The molecule has 1 fully saturated rings. The highest BCUT2D eigenvalue weighted by atomic mass is 16.5. The van der Waals surface area contributed by atoms with Gasteiger partial charge < -0.3 is 9.84 Å². The molecule has 1 aliphatic carbocycles. The first-order valence-corrected chi connectivity index (χ1v) is 12.3. The average Bonchev–Trinajstić information content (AvgIpc) is 3.58. The number of allylic oxidation sites excluding steroid dienone is 3. The van der Waals surface area contributed by atoms with Gasteiger partial charge in [-0.15, -0.1) is 0 Å². The van der Waals surface area contributed by atoms with Crippen molar-refractivity contribution in [1.82, 2.24) is 5.01 Å². The molecule has 0 radical (unpaired) electrons. The van der Waals surface area contributed by atoms with E-state index >= 15 is 0 Å². The Balaban J connectivity index is 1.63. The molecule has 1 heterocycles. The fraction of sp³-hybridized carbons (Fsp3) is 0.258. The van der Waals surface area contributed by atoms with Crippen molar-refractivity contribution in [3.8, 4) is 0 Å². The van der Waals surface area contributed by atoms with E-state index in [-0.39, 0.29) is 12.0 Å². The number of aliphatic hydroxyl groups is 1. The largest absolute Gasteiger partial charge is 0.382 e. The van der Waals surface area contributed by atoms with Crippen LogP contribution in [0.4, 0.5) is 0 Å². The summed E-state index contributed by atoms with van der Waals surface area (Å²) in [6, 6.07) is 30.5. The van der Waals surface area contributed by atoms with Crippen molar-refractivity contribution < 1.29 is 9.84 Å². The summed E-state index contributed by atoms with van der Waals surface area (Å²) < 4.78 is 5.48. The third-order valence-electron chi connectivity index (χ3n) is 7.02. The fourth-order valence-electron chi connectivity index (χ4n) is 5.28. The van der Waals surface area contributed by atoms with Gasteiger partial charge in [-0.1, -0.05) is 109 Å². The molecular weight excluding hydrogens is 432 g/mol. The van der Waals surface area contributed by atoms with Crippen molar-refractivity contribution in [2.75, 3.05) is 20.3 Å². The lowest BCUT2D eigenvalue weighted by Gasteiger charge is -2.35. The maximum atomic E-state index is 12.5. The van der Waals surface area contributed by atoms with Crippen LogP contribution < -0.4 is 0 Å². The maximum Gasteiger partial charge on any atom is 0.137 e. The monoisotopic (exact) mass is 464 g/mol. The Bertz CT molecular complexity index is 1160. The fourth-order valence-corrected chi connectivity index (χ4v) is 5.28. The van der Waals surface area contributed by atoms with Gasteiger partial charge >= 0.3 is 0 Å². The number of rotatable bonds is 8. The Morgan fingerprint density at radius 1 is 0.943 bits per heavy atom. The third kappa shape index (κ3) is 4.60. The summed E-state index contributed by atoms with van der Waals surface area (Å²) in [6.45, 7) is 1.56. The summed E-state index contributed by atoms with van der Waals surface area (Å²) in [5.41, 5.74) is 3.30. The average molecular weight is 465 g/mol. The molecule has 1 saturated heterocycles. The molecule has 3 aromatic carbocycles. The van der Waals surface area contributed by atoms with Crippen LogP contribution in [-0.4, -0.2) is 42.1 Å². The molecule has 35 heavy (non-hydrogen) atoms. The van der Waals surface area contributed by atoms with Crippen molar-refractivity contribution in [2.45, 2.75) is 24.5 Å². The zero-order valence-corrected chi connectivity index (χ0v) is 20.1. The first-order valence-electron chi connectivity index (χ1n) is 12.3. The second-order valence-corrected chi connectivity index (χ2v) is 9.19. The van der Waals surface area contributed by atoms with Gasteiger partial charge in [-0.05, 0) is 35.1 Å². The van der Waals surface area contributed by atoms with Gasteiger partial charge in [0.1, 0.15) is 5.60 Å². The van der Waals surface area contributed by atoms with Gasteiger partial charge in [0.05, 0.1) is 18.4 Å². The van der Waals surface area contributed by atoms with Gasteiger partial charge in [0.2, 0.25) is 0 Å². The summed E-state index contributed by atoms with van der Waals surface area (Å²) in [6.07, 6.45) is 8.42. The summed E-state index contributed by atoms with van der Waals surface area (Å²) in [5, 5.41) is 19.9. The highest BCUT2D eigenvalue weighted by Crippen LogP contribution is 2.44. The first kappa shape index (κ1) is 23.3. The molecule has 4 heteroatoms. The van der Waals surface area contributed by atoms with Gasteiger partial charge in [-0.25, -0.2) is 0 Å². The maximum absolute atomic E-state index is 12.5. The Kier molecular flexibility index (Phi) is 6.94. The van der Waals surface area contributed by atoms with Crippen LogP contribution in [0, 0.1) is 5.92 Å². The van der Waals surface area contributed by atoms with E-state index in [0.29, 0.717) is 6.61 Å². The number of methoxy groups -OCH3 is 1. The smallest absolute Gasteiger partial charge is 0.137 e. The topological polar surface area (TPSA) is 45.1 Å². The van der Waals surface area contributed by atoms with Crippen molar-refractivity contribution >= 4 is 5.71 Å². The van der Waals surface area contributed by atoms with Gasteiger partial charge in [-0.2, -0.15) is 5.10 Å². The van der Waals surface area contributed by atoms with Gasteiger partial charge in [0, 0.05) is 19.6 Å². The van der Waals surface area contributed by atoms with E-state index in [9.17, 15) is 5.11 Å². The van der Waals surface area contributed by atoms with Crippen molar-refractivity contribution in [3.05, 3.63) is 131 Å². The van der Waals surface area contributed by atoms with E-state index in [2.05, 4.69) is 29.3 Å². The van der Waals surface area contributed by atoms with E-state index < -0.39 is 5.60 Å². The van der Waals surface area contributed by atoms with Crippen molar-refractivity contribution in [2.24, 2.45) is 11.0 Å². The molecule has 2 atom stereocenters. The molecule has 0 saturated carbocycles. The minimum Gasteiger partial charge on any atom is -0.382 e. The molecule has 0 aromatic heterocycles. The van der Waals surface area contributed by atoms with Crippen LogP contribution in [0.3, 0.4) is 0 Å². The Morgan fingerprint density at radius 2 is 1.54 bits per heavy atom. The van der Waals surface area contributed by atoms with Crippen molar-refractivity contribution in [1.29, 1.82) is 0 Å². The number of benzene rings is 3. The third-order valence-corrected chi connectivity index (χ3v) is 7.02. The molecule has 0 amide bonds. The second-order valence-electron chi connectivity index (χ2n) is 9.19. The Morgan fingerprint density at radius 3 is 2.14 bits per heavy atom. The van der Waals surface area contributed by atoms with E-state index in [1.807, 2.05) is 84.9 Å². The quantitative estimate of drug-likeness (QED) is 0.445. The predicted molar refractivity (Wildman–Crippen MR) is 141 cm³/mol. The minimum atomic E-state index is -1.29. The Labute approximate surface area is 207 Å². The van der Waals surface area contributed by atoms with E-state index in [1.54, 1.807) is 7.11 Å². The normalized spacial score (nSPS) is 20.3. The van der Waals surface area contributed by atoms with Crippen LogP contribution >= 0.6 is 0 Å². The zero-order chi connectivity index (χ0) is 24.1. The summed E-state index contributed by atoms with van der Waals surface area (Å²) in [5.74, 6) is -0.174. The summed E-state index contributed by atoms with van der Waals surface area (Å²) >= 11 is 0. The van der Waals surface area contributed by atoms with Gasteiger partial charge in [0.15, 0.2) is 0 Å². The van der Waals surface area contributed by atoms with Crippen LogP contribution in [0.25, 0.3) is 0 Å². The van der Waals surface area contributed by atoms with E-state index in [4.69, 9.17) is 9.84 Å². The molecule has 0 bridgehead atoms. The molecule has 178 valence electrons. The molecule has 1 unspecified atom stereocenters. The van der Waals surface area contributed by atoms with Crippen molar-refractivity contribution in [3.63, 3.8) is 0 Å². The van der Waals surface area contributed by atoms with Gasteiger partial charge in [0.25, 0.3) is 0 Å². The highest BCUT2D eigenvalue weighted by Gasteiger charge is 2.42. The number of hydrazone groups is 1. The van der Waals surface area contributed by atoms with Crippen LogP contribution in [0.15, 0.2) is 120 Å². The lowest BCUT2D eigenvalue weighted by Crippen LogP contribution is -2.36. The molecule has 2 aliphatic rings. The summed E-state index contributed by atoms with van der Waals surface area (Å²) in [4.78, 5) is 0. The molecule has 5 rings (SSSR count). The molecule has 1 aliphatic heterocycles. The highest BCUT2D eigenvalue weighted by molar-refractivity contribution is 6.05. The van der Waals surface area contributed by atoms with E-state index in [0.717, 1.165) is 47.4 Å². The van der Waals surface area contributed by atoms with Crippen LogP contribution in [-0.2, 0) is 10.3 Å². The zero-order valence-electron chi connectivity index (χ0n) is 20.1. The lowest BCUT2D eigenvalue weighted by atomic mass is 9.74. The molecule has 4 nitrogen and oxygen atoms in total. The second kappa shape index (κ2) is 10.4. The van der Waals surface area contributed by atoms with Crippen LogP contribution in [0.2, 0.25) is 0 Å². The first-order chi connectivity index (χ1) is 17.2. The number of ether oxygens (including phenoxy) is 1. The molecule has 3 aromatic rings. The minimum absolute atomic E-state index is 0.174. The van der Waals surface area contributed by atoms with Crippen LogP contribution in [0.1, 0.15) is 29.5 Å². The number of nitrogens with zero attached hydrogens (tertiary/aromatic N) is 2. The summed E-state index contributed by atoms with van der Waals surface area (Å²) in [7, 11) is 1.75. The number of hydrogen-bond donors (Lipinski definition) is 1.